The van der Waals surface area contributed by atoms with Crippen LogP contribution >= 0.6 is 11.6 Å². The van der Waals surface area contributed by atoms with Crippen LogP contribution in [0.2, 0.25) is 5.02 Å². The normalized spacial score (nSPS) is 20.1. The van der Waals surface area contributed by atoms with Gasteiger partial charge in [-0.3, -0.25) is 9.48 Å². The Morgan fingerprint density at radius 1 is 1.27 bits per heavy atom. The van der Waals surface area contributed by atoms with Gasteiger partial charge in [-0.1, -0.05) is 18.5 Å². The number of anilines is 1. The number of hydrogen-bond acceptors (Lipinski definition) is 7. The zero-order chi connectivity index (χ0) is 30.5. The number of benzene rings is 1. The van der Waals surface area contributed by atoms with E-state index >= 15 is 0 Å². The Morgan fingerprint density at radius 3 is 2.35 bits per heavy atom. The van der Waals surface area contributed by atoms with Crippen LogP contribution in [-0.4, -0.2) is 60.7 Å². The Balaban J connectivity index is 0.00000178. The highest BCUT2D eigenvalue weighted by Gasteiger charge is 2.37. The number of rotatable bonds is 7. The van der Waals surface area contributed by atoms with Gasteiger partial charge in [0.1, 0.15) is 11.8 Å². The van der Waals surface area contributed by atoms with E-state index < -0.39 is 40.8 Å². The van der Waals surface area contributed by atoms with Gasteiger partial charge in [-0.05, 0) is 71.4 Å². The SMILES string of the molecule is COc1cc(N[C@H](C)C(F)(F)F)ccc1-c1c(Cl)c(C(=O)NCC2(O)CCC(C)CC2)nn1C(C)(C)C.O=S=O. The van der Waals surface area contributed by atoms with Crippen molar-refractivity contribution in [3.8, 4) is 17.0 Å². The largest absolute Gasteiger partial charge is 0.496 e. The lowest BCUT2D eigenvalue weighted by molar-refractivity contribution is -0.138. The molecule has 1 aromatic heterocycles. The molecule has 1 aromatic carbocycles. The number of carbonyl (C=O) groups excluding carboxylic acids is 1. The van der Waals surface area contributed by atoms with Crippen molar-refractivity contribution in [2.45, 2.75) is 83.7 Å². The van der Waals surface area contributed by atoms with Gasteiger partial charge in [0.2, 0.25) is 0 Å². The minimum atomic E-state index is -4.41. The van der Waals surface area contributed by atoms with Crippen LogP contribution in [0.4, 0.5) is 18.9 Å². The van der Waals surface area contributed by atoms with Crippen molar-refractivity contribution >= 4 is 34.8 Å². The van der Waals surface area contributed by atoms with Gasteiger partial charge in [0.05, 0.1) is 29.0 Å². The molecule has 1 atom stereocenters. The number of amides is 1. The topological polar surface area (TPSA) is 123 Å². The maximum absolute atomic E-state index is 13.1. The summed E-state index contributed by atoms with van der Waals surface area (Å²) in [5, 5.41) is 20.7. The lowest BCUT2D eigenvalue weighted by Crippen LogP contribution is -2.45. The van der Waals surface area contributed by atoms with Gasteiger partial charge in [0.25, 0.3) is 5.91 Å². The molecule has 0 saturated heterocycles. The van der Waals surface area contributed by atoms with Crippen LogP contribution in [0.25, 0.3) is 11.3 Å². The van der Waals surface area contributed by atoms with Gasteiger partial charge in [0.15, 0.2) is 5.69 Å². The van der Waals surface area contributed by atoms with Crippen molar-refractivity contribution in [1.82, 2.24) is 15.1 Å². The van der Waals surface area contributed by atoms with Crippen molar-refractivity contribution in [3.05, 3.63) is 28.9 Å². The number of nitrogens with one attached hydrogen (secondary N) is 2. The second-order valence-corrected chi connectivity index (χ2v) is 11.6. The number of hydrogen-bond donors (Lipinski definition) is 3. The third kappa shape index (κ3) is 8.43. The third-order valence-electron chi connectivity index (χ3n) is 6.79. The average molecular weight is 609 g/mol. The standard InChI is InChI=1S/C26H36ClF3N4O3.O2S/c1-15-9-11-25(36,12-10-15)14-31-23(35)21-20(27)22(34(33-21)24(3,4)5)18-8-7-17(13-19(18)37-6)32-16(2)26(28,29)30;1-3-2/h7-8,13,15-16,32,36H,9-12,14H2,1-6H3,(H,31,35);/t15?,16-,25?;/m1./s1. The Hall–Kier alpha value is -2.64. The molecule has 9 nitrogen and oxygen atoms in total. The Morgan fingerprint density at radius 2 is 1.85 bits per heavy atom. The summed E-state index contributed by atoms with van der Waals surface area (Å²) in [5.41, 5.74) is -0.479. The van der Waals surface area contributed by atoms with E-state index in [4.69, 9.17) is 24.8 Å². The summed E-state index contributed by atoms with van der Waals surface area (Å²) in [6.07, 6.45) is -1.42. The summed E-state index contributed by atoms with van der Waals surface area (Å²) >= 11 is 5.98. The highest BCUT2D eigenvalue weighted by molar-refractivity contribution is 7.51. The summed E-state index contributed by atoms with van der Waals surface area (Å²) < 4.78 is 62.7. The van der Waals surface area contributed by atoms with Crippen molar-refractivity contribution in [1.29, 1.82) is 0 Å². The monoisotopic (exact) mass is 608 g/mol. The van der Waals surface area contributed by atoms with E-state index in [1.165, 1.54) is 19.2 Å². The first-order valence-corrected chi connectivity index (χ1v) is 13.7. The van der Waals surface area contributed by atoms with Crippen molar-refractivity contribution in [2.75, 3.05) is 19.0 Å². The van der Waals surface area contributed by atoms with E-state index in [-0.39, 0.29) is 28.7 Å². The first-order valence-electron chi connectivity index (χ1n) is 12.7. The molecule has 1 aliphatic carbocycles. The Kier molecular flexibility index (Phi) is 11.2. The molecule has 0 unspecified atom stereocenters. The average Bonchev–Trinajstić information content (AvgIpc) is 3.22. The molecule has 1 heterocycles. The molecule has 1 fully saturated rings. The fourth-order valence-corrected chi connectivity index (χ4v) is 4.68. The summed E-state index contributed by atoms with van der Waals surface area (Å²) in [6, 6.07) is 2.77. The van der Waals surface area contributed by atoms with E-state index in [2.05, 4.69) is 22.7 Å². The molecule has 1 saturated carbocycles. The van der Waals surface area contributed by atoms with E-state index in [1.807, 2.05) is 20.8 Å². The van der Waals surface area contributed by atoms with Crippen LogP contribution in [0.5, 0.6) is 5.75 Å². The van der Waals surface area contributed by atoms with Crippen LogP contribution in [0, 0.1) is 5.92 Å². The third-order valence-corrected chi connectivity index (χ3v) is 7.15. The van der Waals surface area contributed by atoms with Gasteiger partial charge in [-0.2, -0.15) is 26.7 Å². The quantitative estimate of drug-likeness (QED) is 0.388. The van der Waals surface area contributed by atoms with E-state index in [1.54, 1.807) is 10.7 Å². The number of methoxy groups -OCH3 is 1. The van der Waals surface area contributed by atoms with Crippen LogP contribution < -0.4 is 15.4 Å². The van der Waals surface area contributed by atoms with E-state index in [0.29, 0.717) is 30.0 Å². The summed E-state index contributed by atoms with van der Waals surface area (Å²) in [7, 11) is 1.40. The zero-order valence-electron chi connectivity index (χ0n) is 23.3. The maximum atomic E-state index is 13.1. The Labute approximate surface area is 240 Å². The van der Waals surface area contributed by atoms with Gasteiger partial charge < -0.3 is 20.5 Å². The number of nitrogens with zero attached hydrogens (tertiary/aromatic N) is 2. The molecule has 1 amide bonds. The summed E-state index contributed by atoms with van der Waals surface area (Å²) in [6.45, 7) is 8.93. The van der Waals surface area contributed by atoms with Crippen molar-refractivity contribution in [3.63, 3.8) is 0 Å². The molecule has 3 N–H and O–H groups in total. The molecule has 0 radical (unpaired) electrons. The number of aliphatic hydroxyl groups is 1. The molecule has 0 aliphatic heterocycles. The number of alkyl halides is 3. The molecule has 40 heavy (non-hydrogen) atoms. The number of ether oxygens (including phenoxy) is 1. The lowest BCUT2D eigenvalue weighted by Gasteiger charge is -2.34. The smallest absolute Gasteiger partial charge is 0.408 e. The second kappa shape index (κ2) is 13.3. The van der Waals surface area contributed by atoms with Crippen LogP contribution in [-0.2, 0) is 17.1 Å². The van der Waals surface area contributed by atoms with Gasteiger partial charge in [-0.25, -0.2) is 0 Å². The first-order chi connectivity index (χ1) is 18.5. The lowest BCUT2D eigenvalue weighted by atomic mass is 9.79. The van der Waals surface area contributed by atoms with E-state index in [0.717, 1.165) is 19.8 Å². The molecule has 3 rings (SSSR count). The zero-order valence-corrected chi connectivity index (χ0v) is 24.9. The molecule has 1 aliphatic rings. The van der Waals surface area contributed by atoms with Gasteiger partial charge in [0, 0.05) is 23.9 Å². The van der Waals surface area contributed by atoms with Crippen LogP contribution in [0.3, 0.4) is 0 Å². The minimum Gasteiger partial charge on any atom is -0.496 e. The van der Waals surface area contributed by atoms with Gasteiger partial charge >= 0.3 is 17.7 Å². The fraction of sp³-hybridized carbons (Fsp3) is 0.615. The highest BCUT2D eigenvalue weighted by atomic mass is 35.5. The van der Waals surface area contributed by atoms with Crippen molar-refractivity contribution in [2.24, 2.45) is 5.92 Å². The highest BCUT2D eigenvalue weighted by Crippen LogP contribution is 2.41. The molecule has 224 valence electrons. The molecule has 2 aromatic rings. The van der Waals surface area contributed by atoms with E-state index in [9.17, 15) is 23.1 Å². The molecule has 0 bridgehead atoms. The van der Waals surface area contributed by atoms with Crippen molar-refractivity contribution < 1.29 is 36.2 Å². The molecule has 0 spiro atoms. The number of aromatic nitrogens is 2. The molecule has 14 heteroatoms. The first kappa shape index (κ1) is 33.6. The summed E-state index contributed by atoms with van der Waals surface area (Å²) in [4.78, 5) is 13.1. The molecular weight excluding hydrogens is 573 g/mol. The summed E-state index contributed by atoms with van der Waals surface area (Å²) in [5.74, 6) is 0.297. The molecular formula is C26H36ClF3N4O5S. The fourth-order valence-electron chi connectivity index (χ4n) is 4.38. The number of halogens is 4. The van der Waals surface area contributed by atoms with Crippen LogP contribution in [0.1, 0.15) is 70.8 Å². The number of carbonyl (C=O) groups is 1. The van der Waals surface area contributed by atoms with Crippen LogP contribution in [0.15, 0.2) is 18.2 Å². The van der Waals surface area contributed by atoms with Gasteiger partial charge in [-0.15, -0.1) is 0 Å². The second-order valence-electron chi connectivity index (χ2n) is 11.1. The minimum absolute atomic E-state index is 0.00526. The predicted octanol–water partition coefficient (Wildman–Crippen LogP) is 5.33. The Bertz CT molecular complexity index is 1220. The maximum Gasteiger partial charge on any atom is 0.408 e. The predicted molar refractivity (Wildman–Crippen MR) is 147 cm³/mol.